The number of hydrogen-bond acceptors (Lipinski definition) is 5. The number of ether oxygens (including phenoxy) is 1. The minimum Gasteiger partial charge on any atom is -0.376 e. The zero-order valence-electron chi connectivity index (χ0n) is 13.0. The predicted octanol–water partition coefficient (Wildman–Crippen LogP) is 2.48. The van der Waals surface area contributed by atoms with E-state index in [4.69, 9.17) is 4.74 Å². The quantitative estimate of drug-likeness (QED) is 0.804. The molecule has 1 N–H and O–H groups in total. The van der Waals surface area contributed by atoms with Crippen LogP contribution in [-0.4, -0.2) is 39.8 Å². The van der Waals surface area contributed by atoms with Crippen molar-refractivity contribution in [3.05, 3.63) is 16.3 Å². The van der Waals surface area contributed by atoms with Gasteiger partial charge in [0.15, 0.2) is 9.84 Å². The molecule has 124 valence electrons. The largest absolute Gasteiger partial charge is 0.376 e. The van der Waals surface area contributed by atoms with E-state index in [-0.39, 0.29) is 21.8 Å². The van der Waals surface area contributed by atoms with Crippen molar-refractivity contribution < 1.29 is 17.9 Å². The third-order valence-corrected chi connectivity index (χ3v) is 6.17. The number of hydrogen-bond donors (Lipinski definition) is 1. The molecule has 0 aromatic carbocycles. The van der Waals surface area contributed by atoms with Crippen LogP contribution in [0.25, 0.3) is 0 Å². The number of amides is 1. The van der Waals surface area contributed by atoms with Crippen molar-refractivity contribution in [3.63, 3.8) is 0 Å². The van der Waals surface area contributed by atoms with Crippen LogP contribution in [0.5, 0.6) is 0 Å². The fraction of sp³-hybridized carbons (Fsp3) is 0.667. The summed E-state index contributed by atoms with van der Waals surface area (Å²) in [4.78, 5) is 12.4. The van der Waals surface area contributed by atoms with Crippen LogP contribution >= 0.6 is 11.3 Å². The first kappa shape index (κ1) is 17.4. The van der Waals surface area contributed by atoms with E-state index in [1.54, 1.807) is 5.38 Å². The monoisotopic (exact) mass is 345 g/mol. The summed E-state index contributed by atoms with van der Waals surface area (Å²) in [6.07, 6.45) is 6.14. The molecule has 2 atom stereocenters. The number of carbonyl (C=O) groups is 1. The second-order valence-electron chi connectivity index (χ2n) is 5.81. The van der Waals surface area contributed by atoms with E-state index in [2.05, 4.69) is 12.2 Å². The molecule has 1 amide bonds. The summed E-state index contributed by atoms with van der Waals surface area (Å²) in [5.74, 6) is 0.217. The van der Waals surface area contributed by atoms with Gasteiger partial charge in [0, 0.05) is 12.8 Å². The summed E-state index contributed by atoms with van der Waals surface area (Å²) in [5, 5.41) is 4.35. The molecule has 1 saturated carbocycles. The molecule has 0 bridgehead atoms. The highest BCUT2D eigenvalue weighted by Gasteiger charge is 2.22. The molecular formula is C15H23NO4S2. The van der Waals surface area contributed by atoms with Crippen LogP contribution in [0.3, 0.4) is 0 Å². The Morgan fingerprint density at radius 2 is 2.14 bits per heavy atom. The van der Waals surface area contributed by atoms with Crippen molar-refractivity contribution in [1.29, 1.82) is 0 Å². The summed E-state index contributed by atoms with van der Waals surface area (Å²) in [5.41, 5.74) is 0. The van der Waals surface area contributed by atoms with Gasteiger partial charge in [0.05, 0.1) is 17.6 Å². The van der Waals surface area contributed by atoms with E-state index < -0.39 is 9.84 Å². The van der Waals surface area contributed by atoms with Crippen LogP contribution in [0.4, 0.5) is 0 Å². The van der Waals surface area contributed by atoms with Gasteiger partial charge in [-0.2, -0.15) is 0 Å². The Labute approximate surface area is 136 Å². The molecule has 1 aromatic heterocycles. The van der Waals surface area contributed by atoms with Gasteiger partial charge >= 0.3 is 0 Å². The van der Waals surface area contributed by atoms with Gasteiger partial charge in [-0.1, -0.05) is 19.8 Å². The van der Waals surface area contributed by atoms with E-state index in [0.717, 1.165) is 24.0 Å². The van der Waals surface area contributed by atoms with Crippen molar-refractivity contribution in [2.75, 3.05) is 19.4 Å². The van der Waals surface area contributed by atoms with E-state index in [9.17, 15) is 13.2 Å². The fourth-order valence-corrected chi connectivity index (χ4v) is 4.87. The molecule has 0 saturated heterocycles. The number of nitrogens with one attached hydrogen (secondary N) is 1. The Balaban J connectivity index is 1.80. The molecule has 7 heteroatoms. The molecule has 1 aliphatic rings. The minimum atomic E-state index is -3.37. The van der Waals surface area contributed by atoms with Crippen LogP contribution in [-0.2, 0) is 14.6 Å². The first-order valence-corrected chi connectivity index (χ1v) is 10.3. The zero-order valence-corrected chi connectivity index (χ0v) is 14.6. The summed E-state index contributed by atoms with van der Waals surface area (Å²) in [6, 6.07) is 1.47. The van der Waals surface area contributed by atoms with Gasteiger partial charge in [-0.05, 0) is 30.2 Å². The third kappa shape index (κ3) is 4.54. The average Bonchev–Trinajstić information content (AvgIpc) is 2.94. The fourth-order valence-electron chi connectivity index (χ4n) is 2.74. The molecule has 0 unspecified atom stereocenters. The zero-order chi connectivity index (χ0) is 16.2. The smallest absolute Gasteiger partial charge is 0.262 e. The Kier molecular flexibility index (Phi) is 6.00. The Hall–Kier alpha value is -0.920. The first-order valence-electron chi connectivity index (χ1n) is 7.57. The standard InChI is InChI=1S/C15H23NO4S2/c1-11-5-3-4-6-12(11)20-9-8-16-15(17)14-13(7-10-21-14)22(2,18)19/h7,10-12H,3-6,8-9H2,1-2H3,(H,16,17)/t11-,12-/m1/s1. The number of carbonyl (C=O) groups excluding carboxylic acids is 1. The molecule has 1 heterocycles. The summed E-state index contributed by atoms with van der Waals surface area (Å²) < 4.78 is 29.0. The van der Waals surface area contributed by atoms with Crippen molar-refractivity contribution in [2.24, 2.45) is 5.92 Å². The highest BCUT2D eigenvalue weighted by molar-refractivity contribution is 7.91. The number of sulfone groups is 1. The highest BCUT2D eigenvalue weighted by Crippen LogP contribution is 2.26. The Morgan fingerprint density at radius 1 is 1.41 bits per heavy atom. The lowest BCUT2D eigenvalue weighted by Crippen LogP contribution is -2.32. The minimum absolute atomic E-state index is 0.0943. The molecule has 0 spiro atoms. The Morgan fingerprint density at radius 3 is 2.82 bits per heavy atom. The third-order valence-electron chi connectivity index (χ3n) is 3.99. The predicted molar refractivity (Wildman–Crippen MR) is 87.1 cm³/mol. The lowest BCUT2D eigenvalue weighted by molar-refractivity contribution is -0.00293. The van der Waals surface area contributed by atoms with Gasteiger partial charge in [0.25, 0.3) is 5.91 Å². The van der Waals surface area contributed by atoms with Crippen LogP contribution < -0.4 is 5.32 Å². The van der Waals surface area contributed by atoms with Gasteiger partial charge in [-0.3, -0.25) is 4.79 Å². The van der Waals surface area contributed by atoms with Gasteiger partial charge in [0.2, 0.25) is 0 Å². The first-order chi connectivity index (χ1) is 10.4. The maximum atomic E-state index is 12.1. The number of thiophene rings is 1. The topological polar surface area (TPSA) is 72.5 Å². The molecule has 0 radical (unpaired) electrons. The number of rotatable bonds is 6. The van der Waals surface area contributed by atoms with Crippen molar-refractivity contribution in [2.45, 2.75) is 43.6 Å². The lowest BCUT2D eigenvalue weighted by atomic mass is 9.88. The van der Waals surface area contributed by atoms with Crippen molar-refractivity contribution in [3.8, 4) is 0 Å². The maximum Gasteiger partial charge on any atom is 0.262 e. The lowest BCUT2D eigenvalue weighted by Gasteiger charge is -2.28. The van der Waals surface area contributed by atoms with Gasteiger partial charge in [-0.25, -0.2) is 8.42 Å². The molecular weight excluding hydrogens is 322 g/mol. The van der Waals surface area contributed by atoms with E-state index in [0.29, 0.717) is 19.1 Å². The van der Waals surface area contributed by atoms with E-state index >= 15 is 0 Å². The van der Waals surface area contributed by atoms with Crippen molar-refractivity contribution >= 4 is 27.1 Å². The average molecular weight is 345 g/mol. The molecule has 5 nitrogen and oxygen atoms in total. The van der Waals surface area contributed by atoms with E-state index in [1.165, 1.54) is 25.3 Å². The van der Waals surface area contributed by atoms with Gasteiger partial charge < -0.3 is 10.1 Å². The van der Waals surface area contributed by atoms with Gasteiger partial charge in [0.1, 0.15) is 4.88 Å². The van der Waals surface area contributed by atoms with Crippen LogP contribution in [0.15, 0.2) is 16.3 Å². The van der Waals surface area contributed by atoms with Crippen LogP contribution in [0, 0.1) is 5.92 Å². The van der Waals surface area contributed by atoms with Crippen molar-refractivity contribution in [1.82, 2.24) is 5.32 Å². The second-order valence-corrected chi connectivity index (χ2v) is 8.71. The van der Waals surface area contributed by atoms with Crippen LogP contribution in [0.1, 0.15) is 42.3 Å². The SMILES string of the molecule is C[C@@H]1CCCC[C@H]1OCCNC(=O)c1sccc1S(C)(=O)=O. The van der Waals surface area contributed by atoms with E-state index in [1.807, 2.05) is 0 Å². The molecule has 1 fully saturated rings. The highest BCUT2D eigenvalue weighted by atomic mass is 32.2. The molecule has 2 rings (SSSR count). The summed E-state index contributed by atoms with van der Waals surface area (Å²) in [6.45, 7) is 3.05. The van der Waals surface area contributed by atoms with Crippen LogP contribution in [0.2, 0.25) is 0 Å². The summed E-state index contributed by atoms with van der Waals surface area (Å²) in [7, 11) is -3.37. The Bertz CT molecular complexity index is 609. The molecule has 1 aromatic rings. The molecule has 22 heavy (non-hydrogen) atoms. The molecule has 0 aliphatic heterocycles. The maximum absolute atomic E-state index is 12.1. The molecule has 1 aliphatic carbocycles. The second kappa shape index (κ2) is 7.57. The summed E-state index contributed by atoms with van der Waals surface area (Å²) >= 11 is 1.14. The normalized spacial score (nSPS) is 22.5. The van der Waals surface area contributed by atoms with Gasteiger partial charge in [-0.15, -0.1) is 11.3 Å².